The molecule has 1 saturated heterocycles. The van der Waals surface area contributed by atoms with E-state index in [0.717, 1.165) is 12.8 Å². The normalized spacial score (nSPS) is 23.8. The highest BCUT2D eigenvalue weighted by Crippen LogP contribution is 2.29. The number of hydrogen-bond donors (Lipinski definition) is 1. The quantitative estimate of drug-likeness (QED) is 0.573. The van der Waals surface area contributed by atoms with Crippen molar-refractivity contribution in [1.29, 1.82) is 0 Å². The molecule has 0 bridgehead atoms. The van der Waals surface area contributed by atoms with Crippen molar-refractivity contribution >= 4 is 6.09 Å². The van der Waals surface area contributed by atoms with Gasteiger partial charge in [-0.1, -0.05) is 0 Å². The molecule has 0 aliphatic carbocycles. The largest absolute Gasteiger partial charge is 0.465 e. The zero-order chi connectivity index (χ0) is 11.5. The maximum absolute atomic E-state index is 11.1. The lowest BCUT2D eigenvalue weighted by atomic mass is 10.1. The molecule has 0 spiro atoms. The van der Waals surface area contributed by atoms with E-state index in [-0.39, 0.29) is 6.04 Å². The van der Waals surface area contributed by atoms with Crippen LogP contribution in [-0.2, 0) is 4.74 Å². The smallest absolute Gasteiger partial charge is 0.409 e. The Hall–Kier alpha value is -1.21. The first kappa shape index (κ1) is 11.9. The third kappa shape index (κ3) is 2.63. The lowest BCUT2D eigenvalue weighted by molar-refractivity contribution is -0.0421. The van der Waals surface area contributed by atoms with Crippen LogP contribution in [0.15, 0.2) is 0 Å². The molecule has 15 heavy (non-hydrogen) atoms. The molecule has 1 amide bonds. The molecule has 0 saturated carbocycles. The second-order valence-electron chi connectivity index (χ2n) is 4.16. The van der Waals surface area contributed by atoms with Gasteiger partial charge in [-0.05, 0) is 26.7 Å². The molecule has 0 aromatic carbocycles. The summed E-state index contributed by atoms with van der Waals surface area (Å²) in [6.45, 7) is 3.99. The standard InChI is InChI=1S/C11H17NO3/c1-4-5-6-7-9-8-15-11(2,3)12(9)10(13)14/h1,9H,5-8H2,2-3H3,(H,13,14)/t9-/m0/s1. The number of hydrogen-bond acceptors (Lipinski definition) is 2. The molecule has 1 fully saturated rings. The first-order valence-corrected chi connectivity index (χ1v) is 5.08. The average Bonchev–Trinajstić information content (AvgIpc) is 2.42. The van der Waals surface area contributed by atoms with E-state index in [1.54, 1.807) is 13.8 Å². The summed E-state index contributed by atoms with van der Waals surface area (Å²) < 4.78 is 5.45. The summed E-state index contributed by atoms with van der Waals surface area (Å²) in [5.41, 5.74) is -0.716. The Balaban J connectivity index is 2.59. The van der Waals surface area contributed by atoms with Gasteiger partial charge >= 0.3 is 6.09 Å². The number of nitrogens with zero attached hydrogens (tertiary/aromatic N) is 1. The Morgan fingerprint density at radius 3 is 2.93 bits per heavy atom. The monoisotopic (exact) mass is 211 g/mol. The average molecular weight is 211 g/mol. The van der Waals surface area contributed by atoms with Crippen LogP contribution in [0.5, 0.6) is 0 Å². The predicted octanol–water partition coefficient (Wildman–Crippen LogP) is 1.90. The van der Waals surface area contributed by atoms with Crippen molar-refractivity contribution in [3.8, 4) is 12.3 Å². The molecule has 1 N–H and O–H groups in total. The fraction of sp³-hybridized carbons (Fsp3) is 0.727. The molecule has 1 aliphatic rings. The van der Waals surface area contributed by atoms with Crippen molar-refractivity contribution in [1.82, 2.24) is 4.90 Å². The fourth-order valence-electron chi connectivity index (χ4n) is 1.92. The number of ether oxygens (including phenoxy) is 1. The maximum atomic E-state index is 11.1. The minimum Gasteiger partial charge on any atom is -0.465 e. The highest BCUT2D eigenvalue weighted by Gasteiger charge is 2.43. The van der Waals surface area contributed by atoms with E-state index in [0.29, 0.717) is 13.0 Å². The molecule has 0 aromatic heterocycles. The van der Waals surface area contributed by atoms with E-state index in [1.807, 2.05) is 0 Å². The van der Waals surface area contributed by atoms with Gasteiger partial charge in [-0.15, -0.1) is 12.3 Å². The minimum absolute atomic E-state index is 0.0640. The summed E-state index contributed by atoms with van der Waals surface area (Å²) >= 11 is 0. The van der Waals surface area contributed by atoms with Crippen LogP contribution in [0.4, 0.5) is 4.79 Å². The molecular weight excluding hydrogens is 194 g/mol. The Labute approximate surface area is 90.2 Å². The third-order valence-electron chi connectivity index (χ3n) is 2.64. The van der Waals surface area contributed by atoms with Crippen LogP contribution < -0.4 is 0 Å². The summed E-state index contributed by atoms with van der Waals surface area (Å²) in [4.78, 5) is 12.4. The summed E-state index contributed by atoms with van der Waals surface area (Å²) in [7, 11) is 0. The van der Waals surface area contributed by atoms with Gasteiger partial charge in [-0.25, -0.2) is 4.79 Å². The molecule has 4 nitrogen and oxygen atoms in total. The molecule has 84 valence electrons. The van der Waals surface area contributed by atoms with Gasteiger partial charge in [0, 0.05) is 6.42 Å². The van der Waals surface area contributed by atoms with Crippen LogP contribution in [0.1, 0.15) is 33.1 Å². The van der Waals surface area contributed by atoms with Crippen molar-refractivity contribution < 1.29 is 14.6 Å². The second kappa shape index (κ2) is 4.54. The van der Waals surface area contributed by atoms with Crippen molar-refractivity contribution in [2.75, 3.05) is 6.61 Å². The number of terminal acetylenes is 1. The highest BCUT2D eigenvalue weighted by molar-refractivity contribution is 5.66. The SMILES string of the molecule is C#CCCC[C@H]1COC(C)(C)N1C(=O)O. The van der Waals surface area contributed by atoms with E-state index in [2.05, 4.69) is 5.92 Å². The van der Waals surface area contributed by atoms with Gasteiger partial charge < -0.3 is 9.84 Å². The van der Waals surface area contributed by atoms with Crippen LogP contribution in [0.3, 0.4) is 0 Å². The lowest BCUT2D eigenvalue weighted by Gasteiger charge is -2.30. The molecule has 0 radical (unpaired) electrons. The molecule has 1 rings (SSSR count). The second-order valence-corrected chi connectivity index (χ2v) is 4.16. The maximum Gasteiger partial charge on any atom is 0.409 e. The van der Waals surface area contributed by atoms with Gasteiger partial charge in [0.15, 0.2) is 0 Å². The molecule has 0 unspecified atom stereocenters. The lowest BCUT2D eigenvalue weighted by Crippen LogP contribution is -2.47. The van der Waals surface area contributed by atoms with Crippen LogP contribution >= 0.6 is 0 Å². The molecule has 1 aliphatic heterocycles. The fourth-order valence-corrected chi connectivity index (χ4v) is 1.92. The van der Waals surface area contributed by atoms with Crippen LogP contribution in [0, 0.1) is 12.3 Å². The number of rotatable bonds is 3. The van der Waals surface area contributed by atoms with Gasteiger partial charge in [-0.3, -0.25) is 4.90 Å². The van der Waals surface area contributed by atoms with Gasteiger partial charge in [0.2, 0.25) is 0 Å². The first-order valence-electron chi connectivity index (χ1n) is 5.08. The van der Waals surface area contributed by atoms with E-state index in [9.17, 15) is 4.79 Å². The summed E-state index contributed by atoms with van der Waals surface area (Å²) in [6, 6.07) is -0.0640. The third-order valence-corrected chi connectivity index (χ3v) is 2.64. The van der Waals surface area contributed by atoms with E-state index in [1.165, 1.54) is 4.90 Å². The molecule has 0 aromatic rings. The zero-order valence-corrected chi connectivity index (χ0v) is 9.19. The van der Waals surface area contributed by atoms with Gasteiger partial charge in [0.05, 0.1) is 12.6 Å². The Morgan fingerprint density at radius 2 is 2.40 bits per heavy atom. The predicted molar refractivity (Wildman–Crippen MR) is 56.4 cm³/mol. The summed E-state index contributed by atoms with van der Waals surface area (Å²) in [6.07, 6.45) is 6.51. The highest BCUT2D eigenvalue weighted by atomic mass is 16.5. The Kier molecular flexibility index (Phi) is 3.59. The van der Waals surface area contributed by atoms with Crippen LogP contribution in [-0.4, -0.2) is 34.5 Å². The minimum atomic E-state index is -0.928. The first-order chi connectivity index (χ1) is 6.99. The summed E-state index contributed by atoms with van der Waals surface area (Å²) in [5, 5.41) is 9.08. The number of unbranched alkanes of at least 4 members (excludes halogenated alkanes) is 1. The van der Waals surface area contributed by atoms with Crippen molar-refractivity contribution in [3.05, 3.63) is 0 Å². The Morgan fingerprint density at radius 1 is 1.73 bits per heavy atom. The molecule has 1 atom stereocenters. The van der Waals surface area contributed by atoms with Crippen molar-refractivity contribution in [2.45, 2.75) is 44.9 Å². The number of carboxylic acid groups (broad SMARTS) is 1. The Bertz CT molecular complexity index is 280. The van der Waals surface area contributed by atoms with Gasteiger partial charge in [-0.2, -0.15) is 0 Å². The van der Waals surface area contributed by atoms with E-state index >= 15 is 0 Å². The number of amides is 1. The van der Waals surface area contributed by atoms with Crippen molar-refractivity contribution in [2.24, 2.45) is 0 Å². The van der Waals surface area contributed by atoms with E-state index in [4.69, 9.17) is 16.3 Å². The van der Waals surface area contributed by atoms with Gasteiger partial charge in [0.1, 0.15) is 5.72 Å². The topological polar surface area (TPSA) is 49.8 Å². The van der Waals surface area contributed by atoms with Crippen LogP contribution in [0.25, 0.3) is 0 Å². The van der Waals surface area contributed by atoms with Crippen molar-refractivity contribution in [3.63, 3.8) is 0 Å². The van der Waals surface area contributed by atoms with Crippen LogP contribution in [0.2, 0.25) is 0 Å². The molecule has 1 heterocycles. The summed E-state index contributed by atoms with van der Waals surface area (Å²) in [5.74, 6) is 2.55. The molecule has 4 heteroatoms. The zero-order valence-electron chi connectivity index (χ0n) is 9.19. The van der Waals surface area contributed by atoms with E-state index < -0.39 is 11.8 Å². The molecular formula is C11H17NO3. The van der Waals surface area contributed by atoms with Gasteiger partial charge in [0.25, 0.3) is 0 Å². The number of carbonyl (C=O) groups is 1.